The van der Waals surface area contributed by atoms with Gasteiger partial charge >= 0.3 is 6.09 Å². The summed E-state index contributed by atoms with van der Waals surface area (Å²) in [5, 5.41) is 22.3. The van der Waals surface area contributed by atoms with E-state index in [9.17, 15) is 9.90 Å². The maximum atomic E-state index is 11.6. The zero-order valence-corrected chi connectivity index (χ0v) is 31.0. The normalized spacial score (nSPS) is 12.9. The summed E-state index contributed by atoms with van der Waals surface area (Å²) >= 11 is 0. The van der Waals surface area contributed by atoms with Crippen molar-refractivity contribution in [1.82, 2.24) is 19.7 Å². The molecule has 1 atom stereocenters. The van der Waals surface area contributed by atoms with Crippen LogP contribution in [0, 0.1) is 0 Å². The van der Waals surface area contributed by atoms with Crippen molar-refractivity contribution in [3.05, 3.63) is 96.2 Å². The summed E-state index contributed by atoms with van der Waals surface area (Å²) in [4.78, 5) is 20.7. The van der Waals surface area contributed by atoms with Crippen LogP contribution < -0.4 is 31.5 Å². The monoisotopic (exact) mass is 695 g/mol. The highest BCUT2D eigenvalue weighted by molar-refractivity contribution is 6.99. The first-order chi connectivity index (χ1) is 23.8. The molecule has 264 valence electrons. The molecule has 50 heavy (non-hydrogen) atoms. The first-order valence-electron chi connectivity index (χ1n) is 17.0. The number of nitrogens with one attached hydrogen (secondary N) is 2. The number of fused-ring (bicyclic) bond motifs is 1. The maximum Gasteiger partial charge on any atom is 0.411 e. The lowest BCUT2D eigenvalue weighted by Gasteiger charge is -2.43. The molecule has 0 saturated carbocycles. The number of hydrogen-bond acceptors (Lipinski definition) is 8. The highest BCUT2D eigenvalue weighted by atomic mass is 28.4. The van der Waals surface area contributed by atoms with Gasteiger partial charge in [-0.1, -0.05) is 100 Å². The summed E-state index contributed by atoms with van der Waals surface area (Å²) in [6.45, 7) is 13.7. The number of benzene rings is 3. The summed E-state index contributed by atoms with van der Waals surface area (Å²) in [6.07, 6.45) is 1.83. The van der Waals surface area contributed by atoms with Crippen LogP contribution in [0.5, 0.6) is 5.75 Å². The van der Waals surface area contributed by atoms with Gasteiger partial charge in [0.25, 0.3) is 8.32 Å². The summed E-state index contributed by atoms with van der Waals surface area (Å²) in [6, 6.07) is 27.1. The minimum Gasteiger partial charge on any atom is -0.496 e. The van der Waals surface area contributed by atoms with Gasteiger partial charge in [-0.25, -0.2) is 9.78 Å². The molecule has 3 aromatic carbocycles. The molecule has 0 aliphatic heterocycles. The molecule has 1 amide bonds. The SMILES string of the molecule is CCC(CCO[Si](c1ccccc1)(c1ccccc1)C(C)(C)C)Nc1nc(NC(=O)O)nc2cnn(Cc3ccc(C(C)(C)N)cc3OC)c12. The summed E-state index contributed by atoms with van der Waals surface area (Å²) in [7, 11) is -1.09. The van der Waals surface area contributed by atoms with E-state index in [4.69, 9.17) is 14.9 Å². The van der Waals surface area contributed by atoms with Crippen LogP contribution in [-0.4, -0.2) is 59.0 Å². The summed E-state index contributed by atoms with van der Waals surface area (Å²) in [5.74, 6) is 1.14. The van der Waals surface area contributed by atoms with E-state index in [1.807, 2.05) is 44.2 Å². The Morgan fingerprint density at radius 2 is 1.62 bits per heavy atom. The van der Waals surface area contributed by atoms with Gasteiger partial charge in [-0.05, 0) is 53.7 Å². The third-order valence-corrected chi connectivity index (χ3v) is 14.1. The molecule has 2 aromatic heterocycles. The van der Waals surface area contributed by atoms with Gasteiger partial charge in [0.1, 0.15) is 16.8 Å². The van der Waals surface area contributed by atoms with E-state index in [2.05, 4.69) is 102 Å². The largest absolute Gasteiger partial charge is 0.496 e. The van der Waals surface area contributed by atoms with Crippen molar-refractivity contribution in [2.24, 2.45) is 5.73 Å². The second-order valence-electron chi connectivity index (χ2n) is 14.2. The fraction of sp³-hybridized carbons (Fsp3) is 0.368. The fourth-order valence-corrected chi connectivity index (χ4v) is 11.1. The quantitative estimate of drug-likeness (QED) is 0.0979. The second-order valence-corrected chi connectivity index (χ2v) is 18.5. The average molecular weight is 696 g/mol. The number of amides is 1. The minimum atomic E-state index is -2.72. The first-order valence-corrected chi connectivity index (χ1v) is 18.9. The zero-order chi connectivity index (χ0) is 36.1. The number of ether oxygens (including phenoxy) is 1. The van der Waals surface area contributed by atoms with Gasteiger partial charge in [-0.3, -0.25) is 10.00 Å². The molecule has 0 fully saturated rings. The third kappa shape index (κ3) is 7.82. The molecule has 0 bridgehead atoms. The molecule has 0 spiro atoms. The predicted octanol–water partition coefficient (Wildman–Crippen LogP) is 6.32. The van der Waals surface area contributed by atoms with Gasteiger partial charge in [0.05, 0.1) is 19.9 Å². The van der Waals surface area contributed by atoms with Gasteiger partial charge in [0, 0.05) is 23.8 Å². The van der Waals surface area contributed by atoms with Crippen LogP contribution in [0.15, 0.2) is 85.1 Å². The second kappa shape index (κ2) is 15.0. The van der Waals surface area contributed by atoms with Crippen molar-refractivity contribution >= 4 is 47.6 Å². The van der Waals surface area contributed by atoms with Gasteiger partial charge in [-0.2, -0.15) is 10.1 Å². The van der Waals surface area contributed by atoms with E-state index in [1.165, 1.54) is 10.4 Å². The number of hydrogen-bond donors (Lipinski definition) is 4. The van der Waals surface area contributed by atoms with E-state index in [-0.39, 0.29) is 17.0 Å². The molecular formula is C38H49N7O4Si. The van der Waals surface area contributed by atoms with E-state index in [1.54, 1.807) is 18.0 Å². The Kier molecular flexibility index (Phi) is 10.9. The lowest BCUT2D eigenvalue weighted by atomic mass is 9.94. The van der Waals surface area contributed by atoms with Crippen LogP contribution in [0.1, 0.15) is 65.5 Å². The number of rotatable bonds is 14. The lowest BCUT2D eigenvalue weighted by Crippen LogP contribution is -2.66. The first kappa shape index (κ1) is 36.5. The van der Waals surface area contributed by atoms with E-state index < -0.39 is 19.9 Å². The molecule has 0 aliphatic carbocycles. The van der Waals surface area contributed by atoms with Gasteiger partial charge < -0.3 is 25.3 Å². The van der Waals surface area contributed by atoms with Crippen LogP contribution >= 0.6 is 0 Å². The Morgan fingerprint density at radius 1 is 0.980 bits per heavy atom. The van der Waals surface area contributed by atoms with Gasteiger partial charge in [0.15, 0.2) is 5.82 Å². The number of anilines is 2. The van der Waals surface area contributed by atoms with Crippen LogP contribution in [-0.2, 0) is 16.5 Å². The topological polar surface area (TPSA) is 149 Å². The highest BCUT2D eigenvalue weighted by Gasteiger charge is 2.50. The zero-order valence-electron chi connectivity index (χ0n) is 30.0. The molecule has 11 nitrogen and oxygen atoms in total. The van der Waals surface area contributed by atoms with Gasteiger partial charge in [0.2, 0.25) is 5.95 Å². The van der Waals surface area contributed by atoms with E-state index in [0.29, 0.717) is 42.2 Å². The minimum absolute atomic E-state index is 0.0300. The Bertz CT molecular complexity index is 1860. The molecule has 5 aromatic rings. The van der Waals surface area contributed by atoms with Crippen LogP contribution in [0.2, 0.25) is 5.04 Å². The molecule has 0 saturated heterocycles. The standard InChI is InChI=1S/C38H49N7O4Si/c1-8-28(21-22-49-50(37(2,3)4,29-15-11-9-12-16-29)30-17-13-10-14-18-30)41-34-33-31(42-35(43-34)44-36(46)47)24-40-45(33)25-26-19-20-27(38(5,6)39)23-32(26)48-7/h9-20,23-24,28H,8,21-22,25,39H2,1-7H3,(H,46,47)(H2,41,42,43,44). The number of carboxylic acid groups (broad SMARTS) is 1. The van der Waals surface area contributed by atoms with Gasteiger partial charge in [-0.15, -0.1) is 0 Å². The third-order valence-electron chi connectivity index (χ3n) is 9.09. The van der Waals surface area contributed by atoms with E-state index >= 15 is 0 Å². The number of methoxy groups -OCH3 is 1. The smallest absolute Gasteiger partial charge is 0.411 e. The Morgan fingerprint density at radius 3 is 2.16 bits per heavy atom. The Hall–Kier alpha value is -4.78. The molecule has 2 heterocycles. The molecule has 0 radical (unpaired) electrons. The molecule has 5 rings (SSSR count). The molecule has 5 N–H and O–H groups in total. The van der Waals surface area contributed by atoms with Crippen molar-refractivity contribution in [3.63, 3.8) is 0 Å². The molecular weight excluding hydrogens is 647 g/mol. The Balaban J connectivity index is 1.47. The fourth-order valence-electron chi connectivity index (χ4n) is 6.50. The number of aromatic nitrogens is 4. The number of carbonyl (C=O) groups is 1. The van der Waals surface area contributed by atoms with Crippen molar-refractivity contribution in [1.29, 1.82) is 0 Å². The maximum absolute atomic E-state index is 11.6. The lowest BCUT2D eigenvalue weighted by molar-refractivity contribution is 0.209. The van der Waals surface area contributed by atoms with E-state index in [0.717, 1.165) is 17.5 Å². The predicted molar refractivity (Wildman–Crippen MR) is 202 cm³/mol. The van der Waals surface area contributed by atoms with Crippen molar-refractivity contribution in [3.8, 4) is 5.75 Å². The molecule has 12 heteroatoms. The van der Waals surface area contributed by atoms with Crippen molar-refractivity contribution in [2.45, 2.75) is 77.5 Å². The summed E-state index contributed by atoms with van der Waals surface area (Å²) < 4.78 is 14.7. The van der Waals surface area contributed by atoms with Crippen LogP contribution in [0.3, 0.4) is 0 Å². The number of nitrogens with two attached hydrogens (primary N) is 1. The number of nitrogens with zero attached hydrogens (tertiary/aromatic N) is 4. The Labute approximate surface area is 295 Å². The molecule has 0 aliphatic rings. The van der Waals surface area contributed by atoms with Crippen molar-refractivity contribution in [2.75, 3.05) is 24.4 Å². The van der Waals surface area contributed by atoms with Crippen LogP contribution in [0.4, 0.5) is 16.6 Å². The van der Waals surface area contributed by atoms with Crippen molar-refractivity contribution < 1.29 is 19.1 Å². The van der Waals surface area contributed by atoms with Crippen LogP contribution in [0.25, 0.3) is 11.0 Å². The average Bonchev–Trinajstić information content (AvgIpc) is 3.48. The highest BCUT2D eigenvalue weighted by Crippen LogP contribution is 2.37. The summed E-state index contributed by atoms with van der Waals surface area (Å²) in [5.41, 5.74) is 8.83. The molecule has 1 unspecified atom stereocenters.